The standard InChI is InChI=1S/C12H16ClN/c1-12(2)6-8-5-9(13)3-4-10(8)11(12)7-14/h3-5,11H,6-7,14H2,1-2H3. The van der Waals surface area contributed by atoms with Crippen molar-refractivity contribution in [3.63, 3.8) is 0 Å². The van der Waals surface area contributed by atoms with E-state index in [0.717, 1.165) is 18.0 Å². The Morgan fingerprint density at radius 1 is 1.50 bits per heavy atom. The van der Waals surface area contributed by atoms with Gasteiger partial charge in [-0.1, -0.05) is 31.5 Å². The highest BCUT2D eigenvalue weighted by Gasteiger charge is 2.37. The Labute approximate surface area is 90.3 Å². The normalized spacial score (nSPS) is 23.6. The van der Waals surface area contributed by atoms with Crippen molar-refractivity contribution in [2.24, 2.45) is 11.1 Å². The Balaban J connectivity index is 2.48. The fourth-order valence-corrected chi connectivity index (χ4v) is 2.74. The molecule has 0 radical (unpaired) electrons. The Bertz CT molecular complexity index is 357. The van der Waals surface area contributed by atoms with Crippen LogP contribution in [0.5, 0.6) is 0 Å². The minimum absolute atomic E-state index is 0.280. The summed E-state index contributed by atoms with van der Waals surface area (Å²) in [6.45, 7) is 5.28. The van der Waals surface area contributed by atoms with Crippen molar-refractivity contribution < 1.29 is 0 Å². The van der Waals surface area contributed by atoms with Crippen LogP contribution in [0.3, 0.4) is 0 Å². The van der Waals surface area contributed by atoms with Gasteiger partial charge in [-0.25, -0.2) is 0 Å². The van der Waals surface area contributed by atoms with Crippen LogP contribution in [-0.4, -0.2) is 6.54 Å². The lowest BCUT2D eigenvalue weighted by molar-refractivity contribution is 0.318. The van der Waals surface area contributed by atoms with Gasteiger partial charge in [-0.3, -0.25) is 0 Å². The molecule has 0 amide bonds. The molecule has 1 aliphatic rings. The molecule has 76 valence electrons. The van der Waals surface area contributed by atoms with Gasteiger partial charge in [0.1, 0.15) is 0 Å². The van der Waals surface area contributed by atoms with Gasteiger partial charge >= 0.3 is 0 Å². The third-order valence-electron chi connectivity index (χ3n) is 3.31. The summed E-state index contributed by atoms with van der Waals surface area (Å²) in [5.74, 6) is 0.481. The number of benzene rings is 1. The molecule has 0 heterocycles. The van der Waals surface area contributed by atoms with Crippen LogP contribution < -0.4 is 5.73 Å². The fourth-order valence-electron chi connectivity index (χ4n) is 2.55. The van der Waals surface area contributed by atoms with Gasteiger partial charge in [-0.05, 0) is 41.6 Å². The molecule has 2 heteroatoms. The second-order valence-electron chi connectivity index (χ2n) is 4.80. The van der Waals surface area contributed by atoms with Crippen LogP contribution in [0.4, 0.5) is 0 Å². The third kappa shape index (κ3) is 1.45. The molecule has 14 heavy (non-hydrogen) atoms. The minimum Gasteiger partial charge on any atom is -0.330 e. The molecule has 1 atom stereocenters. The molecule has 1 aromatic rings. The van der Waals surface area contributed by atoms with E-state index in [1.807, 2.05) is 6.07 Å². The predicted octanol–water partition coefficient (Wildman–Crippen LogP) is 2.96. The van der Waals surface area contributed by atoms with Crippen molar-refractivity contribution in [1.29, 1.82) is 0 Å². The molecule has 2 rings (SSSR count). The molecule has 0 saturated heterocycles. The van der Waals surface area contributed by atoms with Gasteiger partial charge in [0.2, 0.25) is 0 Å². The molecular weight excluding hydrogens is 194 g/mol. The first-order chi connectivity index (χ1) is 6.54. The summed E-state index contributed by atoms with van der Waals surface area (Å²) < 4.78 is 0. The lowest BCUT2D eigenvalue weighted by atomic mass is 9.80. The van der Waals surface area contributed by atoms with Gasteiger partial charge in [0.15, 0.2) is 0 Å². The fraction of sp³-hybridized carbons (Fsp3) is 0.500. The number of fused-ring (bicyclic) bond motifs is 1. The van der Waals surface area contributed by atoms with E-state index in [2.05, 4.69) is 26.0 Å². The van der Waals surface area contributed by atoms with Gasteiger partial charge in [-0.2, -0.15) is 0 Å². The highest BCUT2D eigenvalue weighted by molar-refractivity contribution is 6.30. The van der Waals surface area contributed by atoms with E-state index in [-0.39, 0.29) is 5.41 Å². The van der Waals surface area contributed by atoms with Gasteiger partial charge in [0, 0.05) is 10.9 Å². The van der Waals surface area contributed by atoms with Crippen LogP contribution in [-0.2, 0) is 6.42 Å². The lowest BCUT2D eigenvalue weighted by Crippen LogP contribution is -2.24. The summed E-state index contributed by atoms with van der Waals surface area (Å²) in [5.41, 5.74) is 8.87. The number of hydrogen-bond donors (Lipinski definition) is 1. The molecule has 0 saturated carbocycles. The van der Waals surface area contributed by atoms with E-state index in [4.69, 9.17) is 17.3 Å². The summed E-state index contributed by atoms with van der Waals surface area (Å²) in [6.07, 6.45) is 1.09. The summed E-state index contributed by atoms with van der Waals surface area (Å²) in [7, 11) is 0. The van der Waals surface area contributed by atoms with Crippen molar-refractivity contribution in [3.8, 4) is 0 Å². The zero-order chi connectivity index (χ0) is 10.3. The summed E-state index contributed by atoms with van der Waals surface area (Å²) in [4.78, 5) is 0. The van der Waals surface area contributed by atoms with Crippen LogP contribution in [0, 0.1) is 5.41 Å². The van der Waals surface area contributed by atoms with Crippen molar-refractivity contribution in [2.75, 3.05) is 6.54 Å². The van der Waals surface area contributed by atoms with Gasteiger partial charge in [0.05, 0.1) is 0 Å². The minimum atomic E-state index is 0.280. The van der Waals surface area contributed by atoms with Crippen molar-refractivity contribution >= 4 is 11.6 Å². The number of halogens is 1. The first-order valence-corrected chi connectivity index (χ1v) is 5.41. The summed E-state index contributed by atoms with van der Waals surface area (Å²) >= 11 is 5.98. The van der Waals surface area contributed by atoms with Crippen LogP contribution in [0.25, 0.3) is 0 Å². The monoisotopic (exact) mass is 209 g/mol. The largest absolute Gasteiger partial charge is 0.330 e. The predicted molar refractivity (Wildman–Crippen MR) is 60.7 cm³/mol. The highest BCUT2D eigenvalue weighted by atomic mass is 35.5. The number of nitrogens with two attached hydrogens (primary N) is 1. The van der Waals surface area contributed by atoms with Crippen molar-refractivity contribution in [1.82, 2.24) is 0 Å². The molecule has 0 spiro atoms. The average Bonchev–Trinajstić information content (AvgIpc) is 2.33. The van der Waals surface area contributed by atoms with E-state index in [1.165, 1.54) is 11.1 Å². The Kier molecular flexibility index (Phi) is 2.32. The third-order valence-corrected chi connectivity index (χ3v) is 3.54. The quantitative estimate of drug-likeness (QED) is 0.756. The first kappa shape index (κ1) is 10.0. The van der Waals surface area contributed by atoms with Crippen molar-refractivity contribution in [2.45, 2.75) is 26.2 Å². The highest BCUT2D eigenvalue weighted by Crippen LogP contribution is 2.46. The molecule has 0 aliphatic heterocycles. The summed E-state index contributed by atoms with van der Waals surface area (Å²) in [6, 6.07) is 6.17. The van der Waals surface area contributed by atoms with Gasteiger partial charge < -0.3 is 5.73 Å². The molecule has 0 fully saturated rings. The van der Waals surface area contributed by atoms with Crippen LogP contribution in [0.15, 0.2) is 18.2 Å². The second kappa shape index (κ2) is 3.25. The SMILES string of the molecule is CC1(C)Cc2cc(Cl)ccc2C1CN. The molecular formula is C12H16ClN. The molecule has 1 nitrogen and oxygen atoms in total. The first-order valence-electron chi connectivity index (χ1n) is 5.03. The Morgan fingerprint density at radius 3 is 2.86 bits per heavy atom. The Hall–Kier alpha value is -0.530. The second-order valence-corrected chi connectivity index (χ2v) is 5.23. The molecule has 0 bridgehead atoms. The maximum Gasteiger partial charge on any atom is 0.0408 e. The van der Waals surface area contributed by atoms with E-state index in [1.54, 1.807) is 0 Å². The van der Waals surface area contributed by atoms with E-state index >= 15 is 0 Å². The topological polar surface area (TPSA) is 26.0 Å². The number of rotatable bonds is 1. The van der Waals surface area contributed by atoms with Crippen LogP contribution in [0.1, 0.15) is 30.9 Å². The zero-order valence-corrected chi connectivity index (χ0v) is 9.43. The molecule has 1 unspecified atom stereocenters. The van der Waals surface area contributed by atoms with Crippen LogP contribution in [0.2, 0.25) is 5.02 Å². The van der Waals surface area contributed by atoms with Crippen molar-refractivity contribution in [3.05, 3.63) is 34.3 Å². The van der Waals surface area contributed by atoms with Gasteiger partial charge in [0.25, 0.3) is 0 Å². The van der Waals surface area contributed by atoms with E-state index < -0.39 is 0 Å². The van der Waals surface area contributed by atoms with E-state index in [9.17, 15) is 0 Å². The molecule has 2 N–H and O–H groups in total. The lowest BCUT2D eigenvalue weighted by Gasteiger charge is -2.26. The number of hydrogen-bond acceptors (Lipinski definition) is 1. The Morgan fingerprint density at radius 2 is 2.21 bits per heavy atom. The molecule has 0 aromatic heterocycles. The summed E-state index contributed by atoms with van der Waals surface area (Å²) in [5, 5.41) is 0.831. The maximum atomic E-state index is 5.98. The maximum absolute atomic E-state index is 5.98. The van der Waals surface area contributed by atoms with E-state index in [0.29, 0.717) is 5.92 Å². The molecule has 1 aliphatic carbocycles. The zero-order valence-electron chi connectivity index (χ0n) is 8.68. The smallest absolute Gasteiger partial charge is 0.0408 e. The van der Waals surface area contributed by atoms with Crippen LogP contribution >= 0.6 is 11.6 Å². The average molecular weight is 210 g/mol. The molecule has 1 aromatic carbocycles. The van der Waals surface area contributed by atoms with Gasteiger partial charge in [-0.15, -0.1) is 0 Å².